The average molecular weight is 341 g/mol. The summed E-state index contributed by atoms with van der Waals surface area (Å²) in [6, 6.07) is 8.12. The summed E-state index contributed by atoms with van der Waals surface area (Å²) in [6.45, 7) is 6.71. The number of aryl methyl sites for hydroxylation is 1. The van der Waals surface area contributed by atoms with Crippen molar-refractivity contribution in [2.75, 3.05) is 31.1 Å². The minimum Gasteiger partial charge on any atom is -0.346 e. The maximum absolute atomic E-state index is 5.42. The van der Waals surface area contributed by atoms with Crippen molar-refractivity contribution in [2.45, 2.75) is 13.5 Å². The molecule has 0 atom stereocenters. The van der Waals surface area contributed by atoms with Gasteiger partial charge in [-0.15, -0.1) is 11.3 Å². The Hall–Kier alpha value is -2.25. The molecule has 0 radical (unpaired) electrons. The number of hydrogen-bond donors (Lipinski definition) is 0. The molecule has 1 aromatic carbocycles. The predicted octanol–water partition coefficient (Wildman–Crippen LogP) is 2.82. The zero-order valence-corrected chi connectivity index (χ0v) is 14.4. The molecule has 0 bridgehead atoms. The normalized spacial score (nSPS) is 15.8. The molecule has 2 aromatic heterocycles. The van der Waals surface area contributed by atoms with Crippen LogP contribution in [0.3, 0.4) is 0 Å². The molecule has 124 valence electrons. The molecule has 0 unspecified atom stereocenters. The maximum atomic E-state index is 5.42. The molecule has 1 fully saturated rings. The molecule has 0 N–H and O–H groups in total. The number of rotatable bonds is 4. The van der Waals surface area contributed by atoms with E-state index in [1.807, 2.05) is 23.7 Å². The van der Waals surface area contributed by atoms with Crippen LogP contribution in [0.25, 0.3) is 11.5 Å². The second-order valence-electron chi connectivity index (χ2n) is 5.96. The highest BCUT2D eigenvalue weighted by Gasteiger charge is 2.20. The standard InChI is InChI=1S/C17H19N5OS/c1-13-3-2-4-14(11-13)16-19-15(20-23-16)12-21-6-8-22(9-7-21)17-18-5-10-24-17/h2-5,10-11H,6-9,12H2,1H3. The lowest BCUT2D eigenvalue weighted by molar-refractivity contribution is 0.240. The van der Waals surface area contributed by atoms with Crippen LogP contribution in [0.5, 0.6) is 0 Å². The van der Waals surface area contributed by atoms with Crippen molar-refractivity contribution in [3.8, 4) is 11.5 Å². The highest BCUT2D eigenvalue weighted by atomic mass is 32.1. The van der Waals surface area contributed by atoms with Crippen molar-refractivity contribution >= 4 is 16.5 Å². The Kier molecular flexibility index (Phi) is 4.27. The molecule has 0 amide bonds. The van der Waals surface area contributed by atoms with Gasteiger partial charge in [0.15, 0.2) is 11.0 Å². The Balaban J connectivity index is 1.37. The summed E-state index contributed by atoms with van der Waals surface area (Å²) in [5.74, 6) is 1.34. The molecule has 24 heavy (non-hydrogen) atoms. The topological polar surface area (TPSA) is 58.3 Å². The van der Waals surface area contributed by atoms with Gasteiger partial charge in [0, 0.05) is 43.3 Å². The lowest BCUT2D eigenvalue weighted by Gasteiger charge is -2.33. The molecule has 1 saturated heterocycles. The van der Waals surface area contributed by atoms with E-state index in [0.29, 0.717) is 5.89 Å². The first-order chi connectivity index (χ1) is 11.8. The first-order valence-corrected chi connectivity index (χ1v) is 8.92. The second-order valence-corrected chi connectivity index (χ2v) is 6.84. The van der Waals surface area contributed by atoms with Crippen LogP contribution >= 0.6 is 11.3 Å². The van der Waals surface area contributed by atoms with Gasteiger partial charge in [-0.25, -0.2) is 4.98 Å². The van der Waals surface area contributed by atoms with Gasteiger partial charge in [-0.2, -0.15) is 4.98 Å². The van der Waals surface area contributed by atoms with E-state index in [9.17, 15) is 0 Å². The molecule has 0 saturated carbocycles. The van der Waals surface area contributed by atoms with Crippen LogP contribution in [-0.2, 0) is 6.54 Å². The number of piperazine rings is 1. The van der Waals surface area contributed by atoms with E-state index < -0.39 is 0 Å². The van der Waals surface area contributed by atoms with Crippen molar-refractivity contribution in [2.24, 2.45) is 0 Å². The fourth-order valence-electron chi connectivity index (χ4n) is 2.88. The number of nitrogens with zero attached hydrogens (tertiary/aromatic N) is 5. The van der Waals surface area contributed by atoms with Gasteiger partial charge in [-0.3, -0.25) is 4.90 Å². The lowest BCUT2D eigenvalue weighted by Crippen LogP contribution is -2.46. The summed E-state index contributed by atoms with van der Waals surface area (Å²) in [6.07, 6.45) is 1.86. The minimum absolute atomic E-state index is 0.593. The molecule has 0 spiro atoms. The molecular formula is C17H19N5OS. The number of thiazole rings is 1. The summed E-state index contributed by atoms with van der Waals surface area (Å²) in [7, 11) is 0. The van der Waals surface area contributed by atoms with Crippen LogP contribution in [0.2, 0.25) is 0 Å². The fraction of sp³-hybridized carbons (Fsp3) is 0.353. The SMILES string of the molecule is Cc1cccc(-c2nc(CN3CCN(c4nccs4)CC3)no2)c1. The van der Waals surface area contributed by atoms with E-state index in [1.54, 1.807) is 11.3 Å². The molecule has 1 aliphatic heterocycles. The quantitative estimate of drug-likeness (QED) is 0.727. The summed E-state index contributed by atoms with van der Waals surface area (Å²) in [4.78, 5) is 13.6. The first kappa shape index (κ1) is 15.3. The molecule has 3 aromatic rings. The van der Waals surface area contributed by atoms with Gasteiger partial charge in [0.2, 0.25) is 0 Å². The Labute approximate surface area is 144 Å². The van der Waals surface area contributed by atoms with Gasteiger partial charge in [0.05, 0.1) is 6.54 Å². The number of hydrogen-bond acceptors (Lipinski definition) is 7. The van der Waals surface area contributed by atoms with Gasteiger partial charge in [0.1, 0.15) is 0 Å². The van der Waals surface area contributed by atoms with Gasteiger partial charge in [-0.1, -0.05) is 22.9 Å². The maximum Gasteiger partial charge on any atom is 0.257 e. The third kappa shape index (κ3) is 3.32. The smallest absolute Gasteiger partial charge is 0.257 e. The van der Waals surface area contributed by atoms with E-state index in [-0.39, 0.29) is 0 Å². The highest BCUT2D eigenvalue weighted by molar-refractivity contribution is 7.13. The van der Waals surface area contributed by atoms with Gasteiger partial charge in [-0.05, 0) is 19.1 Å². The highest BCUT2D eigenvalue weighted by Crippen LogP contribution is 2.21. The molecule has 3 heterocycles. The number of anilines is 1. The Morgan fingerprint density at radius 3 is 2.83 bits per heavy atom. The van der Waals surface area contributed by atoms with E-state index >= 15 is 0 Å². The third-order valence-corrected chi connectivity index (χ3v) is 4.99. The second kappa shape index (κ2) is 6.70. The summed E-state index contributed by atoms with van der Waals surface area (Å²) in [5.41, 5.74) is 2.16. The zero-order valence-electron chi connectivity index (χ0n) is 13.6. The minimum atomic E-state index is 0.593. The van der Waals surface area contributed by atoms with Crippen LogP contribution in [-0.4, -0.2) is 46.2 Å². The van der Waals surface area contributed by atoms with Crippen molar-refractivity contribution in [1.29, 1.82) is 0 Å². The molecule has 0 aliphatic carbocycles. The van der Waals surface area contributed by atoms with Crippen molar-refractivity contribution < 1.29 is 4.52 Å². The Morgan fingerprint density at radius 1 is 1.21 bits per heavy atom. The van der Waals surface area contributed by atoms with Crippen molar-refractivity contribution in [3.05, 3.63) is 47.2 Å². The van der Waals surface area contributed by atoms with Crippen molar-refractivity contribution in [1.82, 2.24) is 20.0 Å². The van der Waals surface area contributed by atoms with Gasteiger partial charge in [0.25, 0.3) is 5.89 Å². The van der Waals surface area contributed by atoms with Gasteiger partial charge < -0.3 is 9.42 Å². The molecule has 1 aliphatic rings. The first-order valence-electron chi connectivity index (χ1n) is 8.04. The van der Waals surface area contributed by atoms with Crippen LogP contribution in [0.1, 0.15) is 11.4 Å². The summed E-state index contributed by atoms with van der Waals surface area (Å²) >= 11 is 1.69. The third-order valence-electron chi connectivity index (χ3n) is 4.16. The van der Waals surface area contributed by atoms with Crippen LogP contribution in [0.4, 0.5) is 5.13 Å². The Morgan fingerprint density at radius 2 is 2.08 bits per heavy atom. The molecule has 6 nitrogen and oxygen atoms in total. The van der Waals surface area contributed by atoms with Crippen molar-refractivity contribution in [3.63, 3.8) is 0 Å². The van der Waals surface area contributed by atoms with Crippen LogP contribution in [0.15, 0.2) is 40.4 Å². The van der Waals surface area contributed by atoms with Gasteiger partial charge >= 0.3 is 0 Å². The molecule has 4 rings (SSSR count). The summed E-state index contributed by atoms with van der Waals surface area (Å²) in [5, 5.41) is 7.26. The van der Waals surface area contributed by atoms with Crippen LogP contribution in [0, 0.1) is 6.92 Å². The van der Waals surface area contributed by atoms with Crippen LogP contribution < -0.4 is 4.90 Å². The molecular weight excluding hydrogens is 322 g/mol. The number of aromatic nitrogens is 3. The van der Waals surface area contributed by atoms with E-state index in [0.717, 1.165) is 49.2 Å². The van der Waals surface area contributed by atoms with E-state index in [4.69, 9.17) is 4.52 Å². The molecule has 7 heteroatoms. The predicted molar refractivity (Wildman–Crippen MR) is 94.1 cm³/mol. The zero-order chi connectivity index (χ0) is 16.4. The lowest BCUT2D eigenvalue weighted by atomic mass is 10.1. The monoisotopic (exact) mass is 341 g/mol. The van der Waals surface area contributed by atoms with E-state index in [2.05, 4.69) is 44.0 Å². The largest absolute Gasteiger partial charge is 0.346 e. The summed E-state index contributed by atoms with van der Waals surface area (Å²) < 4.78 is 5.42. The average Bonchev–Trinajstić information content (AvgIpc) is 3.27. The Bertz CT molecular complexity index is 793. The fourth-order valence-corrected chi connectivity index (χ4v) is 3.58. The number of benzene rings is 1. The van der Waals surface area contributed by atoms with E-state index in [1.165, 1.54) is 5.56 Å².